The lowest BCUT2D eigenvalue weighted by atomic mass is 9.91. The second-order valence-electron chi connectivity index (χ2n) is 13.0. The minimum absolute atomic E-state index is 0.0351. The third kappa shape index (κ3) is 6.82. The Morgan fingerprint density at radius 1 is 1.21 bits per heavy atom. The molecular formula is C31H39ClN4O7. The molecule has 1 aromatic rings. The standard InChI is InChI=1S/C31H39ClN4O7/c1-29(2,3)42-28(41)33-22-13-8-6-4-5-7-11-20-15-31(20,27(39)40)34-25(37)24-17-30(18-36(24)26(22)38)16-23(35-43-30)19-10-9-12-21(32)14-19/h7,9-12,14,20,22,24H,4-6,8,13,15-18H2,1-3H3,(H,33,41)(H,34,37)(H,39,40)/b11-7-/t20-,22+,24+,30-,31-/m1/s1. The summed E-state index contributed by atoms with van der Waals surface area (Å²) in [6.07, 6.45) is 7.22. The van der Waals surface area contributed by atoms with E-state index >= 15 is 0 Å². The SMILES string of the molecule is CC(C)(C)OC(=O)N[C@H]1CCCCC/C=C\[C@@H]2C[C@@]2(C(=O)O)NC(=O)[C@@H]2C[C@]3(CC(c4cccc(Cl)c4)=NO3)CN2C1=O. The number of rotatable bonds is 3. The first kappa shape index (κ1) is 30.8. The van der Waals surface area contributed by atoms with Crippen molar-refractivity contribution in [2.45, 2.75) is 101 Å². The highest BCUT2D eigenvalue weighted by Gasteiger charge is 2.62. The monoisotopic (exact) mass is 614 g/mol. The first-order chi connectivity index (χ1) is 20.3. The smallest absolute Gasteiger partial charge is 0.408 e. The highest BCUT2D eigenvalue weighted by molar-refractivity contribution is 6.31. The van der Waals surface area contributed by atoms with Crippen molar-refractivity contribution in [2.24, 2.45) is 11.1 Å². The van der Waals surface area contributed by atoms with E-state index in [4.69, 9.17) is 21.2 Å². The number of oxime groups is 1. The lowest BCUT2D eigenvalue weighted by Gasteiger charge is -2.30. The number of aliphatic carboxylic acids is 1. The number of hydrogen-bond donors (Lipinski definition) is 3. The quantitative estimate of drug-likeness (QED) is 0.433. The number of nitrogens with zero attached hydrogens (tertiary/aromatic N) is 2. The Kier molecular flexibility index (Phi) is 8.48. The molecule has 5 rings (SSSR count). The van der Waals surface area contributed by atoms with Crippen molar-refractivity contribution in [3.8, 4) is 0 Å². The fourth-order valence-electron chi connectivity index (χ4n) is 6.17. The number of ether oxygens (including phenoxy) is 1. The Balaban J connectivity index is 1.44. The molecule has 12 heteroatoms. The summed E-state index contributed by atoms with van der Waals surface area (Å²) in [5.41, 5.74) is -1.79. The molecule has 1 aromatic carbocycles. The van der Waals surface area contributed by atoms with Gasteiger partial charge in [-0.1, -0.05) is 53.9 Å². The average Bonchev–Trinajstić information content (AvgIpc) is 3.27. The summed E-state index contributed by atoms with van der Waals surface area (Å²) in [5.74, 6) is -2.47. The Morgan fingerprint density at radius 2 is 2.00 bits per heavy atom. The second-order valence-corrected chi connectivity index (χ2v) is 13.5. The molecule has 1 aliphatic carbocycles. The number of fused-ring (bicyclic) bond motifs is 2. The Labute approximate surface area is 256 Å². The molecular weight excluding hydrogens is 576 g/mol. The maximum atomic E-state index is 14.2. The van der Waals surface area contributed by atoms with Crippen molar-refractivity contribution in [1.29, 1.82) is 0 Å². The zero-order chi connectivity index (χ0) is 31.0. The fourth-order valence-corrected chi connectivity index (χ4v) is 6.36. The van der Waals surface area contributed by atoms with Crippen LogP contribution >= 0.6 is 11.6 Å². The highest BCUT2D eigenvalue weighted by Crippen LogP contribution is 2.46. The van der Waals surface area contributed by atoms with Gasteiger partial charge in [-0.3, -0.25) is 9.59 Å². The number of carboxylic acid groups (broad SMARTS) is 1. The number of hydrogen-bond acceptors (Lipinski definition) is 7. The molecule has 2 fully saturated rings. The van der Waals surface area contributed by atoms with Crippen LogP contribution in [0.5, 0.6) is 0 Å². The number of halogens is 1. The summed E-state index contributed by atoms with van der Waals surface area (Å²) in [7, 11) is 0. The predicted molar refractivity (Wildman–Crippen MR) is 159 cm³/mol. The molecule has 1 saturated carbocycles. The first-order valence-electron chi connectivity index (χ1n) is 14.8. The van der Waals surface area contributed by atoms with Crippen LogP contribution in [0.3, 0.4) is 0 Å². The largest absolute Gasteiger partial charge is 0.479 e. The molecule has 5 atom stereocenters. The summed E-state index contributed by atoms with van der Waals surface area (Å²) >= 11 is 6.19. The van der Waals surface area contributed by atoms with Crippen molar-refractivity contribution >= 4 is 41.2 Å². The zero-order valence-corrected chi connectivity index (χ0v) is 25.5. The maximum Gasteiger partial charge on any atom is 0.408 e. The molecule has 0 aromatic heterocycles. The molecule has 0 bridgehead atoms. The van der Waals surface area contributed by atoms with E-state index in [1.165, 1.54) is 4.90 Å². The Bertz CT molecular complexity index is 1360. The minimum Gasteiger partial charge on any atom is -0.479 e. The van der Waals surface area contributed by atoms with Gasteiger partial charge in [0.2, 0.25) is 11.8 Å². The van der Waals surface area contributed by atoms with Gasteiger partial charge in [0.25, 0.3) is 0 Å². The van der Waals surface area contributed by atoms with Crippen LogP contribution in [-0.4, -0.2) is 75.0 Å². The zero-order valence-electron chi connectivity index (χ0n) is 24.7. The van der Waals surface area contributed by atoms with Gasteiger partial charge in [0.15, 0.2) is 5.60 Å². The summed E-state index contributed by atoms with van der Waals surface area (Å²) in [5, 5.41) is 20.4. The van der Waals surface area contributed by atoms with E-state index in [1.54, 1.807) is 39.0 Å². The minimum atomic E-state index is -1.43. The van der Waals surface area contributed by atoms with E-state index in [1.807, 2.05) is 18.2 Å². The van der Waals surface area contributed by atoms with Gasteiger partial charge in [0.05, 0.1) is 12.3 Å². The molecule has 3 aliphatic heterocycles. The lowest BCUT2D eigenvalue weighted by molar-refractivity contribution is -0.145. The molecule has 43 heavy (non-hydrogen) atoms. The summed E-state index contributed by atoms with van der Waals surface area (Å²) in [6.45, 7) is 5.25. The van der Waals surface area contributed by atoms with E-state index in [0.29, 0.717) is 30.0 Å². The van der Waals surface area contributed by atoms with Gasteiger partial charge in [-0.05, 0) is 58.6 Å². The topological polar surface area (TPSA) is 147 Å². The number of benzene rings is 1. The van der Waals surface area contributed by atoms with Crippen molar-refractivity contribution in [3.63, 3.8) is 0 Å². The molecule has 0 radical (unpaired) electrons. The molecule has 4 aliphatic rings. The Morgan fingerprint density at radius 3 is 2.72 bits per heavy atom. The van der Waals surface area contributed by atoms with Gasteiger partial charge in [-0.15, -0.1) is 0 Å². The summed E-state index contributed by atoms with van der Waals surface area (Å²) in [6, 6.07) is 5.21. The van der Waals surface area contributed by atoms with E-state index in [2.05, 4.69) is 15.8 Å². The number of carboxylic acids is 1. The van der Waals surface area contributed by atoms with Crippen molar-refractivity contribution in [2.75, 3.05) is 6.54 Å². The normalized spacial score (nSPS) is 31.9. The molecule has 11 nitrogen and oxygen atoms in total. The first-order valence-corrected chi connectivity index (χ1v) is 15.2. The lowest BCUT2D eigenvalue weighted by Crippen LogP contribution is -2.56. The van der Waals surface area contributed by atoms with Gasteiger partial charge in [0, 0.05) is 29.3 Å². The average molecular weight is 615 g/mol. The van der Waals surface area contributed by atoms with Crippen molar-refractivity contribution < 1.29 is 33.9 Å². The van der Waals surface area contributed by atoms with Gasteiger partial charge < -0.3 is 30.2 Å². The van der Waals surface area contributed by atoms with Gasteiger partial charge in [0.1, 0.15) is 23.2 Å². The number of allylic oxidation sites excluding steroid dienone is 1. The maximum absolute atomic E-state index is 14.2. The number of nitrogens with one attached hydrogen (secondary N) is 2. The third-order valence-corrected chi connectivity index (χ3v) is 8.68. The fraction of sp³-hybridized carbons (Fsp3) is 0.581. The molecule has 0 unspecified atom stereocenters. The molecule has 3 N–H and O–H groups in total. The number of carbonyl (C=O) groups excluding carboxylic acids is 3. The van der Waals surface area contributed by atoms with Crippen molar-refractivity contribution in [3.05, 3.63) is 47.0 Å². The molecule has 1 saturated heterocycles. The predicted octanol–water partition coefficient (Wildman–Crippen LogP) is 4.18. The highest BCUT2D eigenvalue weighted by atomic mass is 35.5. The van der Waals surface area contributed by atoms with Crippen LogP contribution in [0.1, 0.15) is 77.7 Å². The van der Waals surface area contributed by atoms with E-state index < -0.39 is 52.7 Å². The number of alkyl carbamates (subject to hydrolysis) is 1. The van der Waals surface area contributed by atoms with Crippen molar-refractivity contribution in [1.82, 2.24) is 15.5 Å². The van der Waals surface area contributed by atoms with Crippen LogP contribution in [0.4, 0.5) is 4.79 Å². The van der Waals surface area contributed by atoms with E-state index in [0.717, 1.165) is 24.8 Å². The van der Waals surface area contributed by atoms with Crippen LogP contribution in [0.2, 0.25) is 5.02 Å². The molecule has 3 heterocycles. The van der Waals surface area contributed by atoms with Crippen LogP contribution in [-0.2, 0) is 24.0 Å². The van der Waals surface area contributed by atoms with E-state index in [9.17, 15) is 24.3 Å². The van der Waals surface area contributed by atoms with Crippen LogP contribution in [0, 0.1) is 5.92 Å². The van der Waals surface area contributed by atoms with E-state index in [-0.39, 0.29) is 25.3 Å². The van der Waals surface area contributed by atoms with Gasteiger partial charge in [-0.25, -0.2) is 9.59 Å². The van der Waals surface area contributed by atoms with Crippen LogP contribution in [0.15, 0.2) is 41.6 Å². The van der Waals surface area contributed by atoms with Crippen LogP contribution < -0.4 is 10.6 Å². The second kappa shape index (κ2) is 11.8. The van der Waals surface area contributed by atoms with Crippen LogP contribution in [0.25, 0.3) is 0 Å². The number of amides is 3. The summed E-state index contributed by atoms with van der Waals surface area (Å²) < 4.78 is 5.44. The molecule has 3 amide bonds. The van der Waals surface area contributed by atoms with Gasteiger partial charge >= 0.3 is 12.1 Å². The number of carbonyl (C=O) groups is 4. The molecule has 1 spiro atoms. The van der Waals surface area contributed by atoms with Gasteiger partial charge in [-0.2, -0.15) is 0 Å². The summed E-state index contributed by atoms with van der Waals surface area (Å²) in [4.78, 5) is 60.6. The molecule has 232 valence electrons. The Hall–Kier alpha value is -3.60. The third-order valence-electron chi connectivity index (χ3n) is 8.45.